The molecule has 1 heterocycles. The lowest BCUT2D eigenvalue weighted by Gasteiger charge is -2.41. The van der Waals surface area contributed by atoms with Crippen LogP contribution in [-0.4, -0.2) is 54.6 Å². The monoisotopic (exact) mass is 257 g/mol. The molecule has 1 saturated heterocycles. The third-order valence-corrected chi connectivity index (χ3v) is 3.20. The van der Waals surface area contributed by atoms with Crippen LogP contribution in [0.3, 0.4) is 0 Å². The van der Waals surface area contributed by atoms with E-state index in [0.717, 1.165) is 0 Å². The first kappa shape index (κ1) is 14.3. The first-order valence-electron chi connectivity index (χ1n) is 5.92. The molecular formula is C11H19N3O4. The van der Waals surface area contributed by atoms with Gasteiger partial charge in [0.1, 0.15) is 0 Å². The number of likely N-dealkylation sites (tertiary alicyclic amines) is 1. The molecule has 3 amide bonds. The van der Waals surface area contributed by atoms with Gasteiger partial charge in [-0.15, -0.1) is 0 Å². The van der Waals surface area contributed by atoms with Crippen LogP contribution < -0.4 is 10.6 Å². The summed E-state index contributed by atoms with van der Waals surface area (Å²) in [5.41, 5.74) is 0. The summed E-state index contributed by atoms with van der Waals surface area (Å²) in [6, 6.07) is -0.243. The molecule has 7 nitrogen and oxygen atoms in total. The van der Waals surface area contributed by atoms with Gasteiger partial charge in [-0.2, -0.15) is 0 Å². The highest BCUT2D eigenvalue weighted by Gasteiger charge is 2.36. The topological polar surface area (TPSA) is 98.7 Å². The van der Waals surface area contributed by atoms with Crippen molar-refractivity contribution >= 4 is 17.9 Å². The fourth-order valence-corrected chi connectivity index (χ4v) is 1.72. The number of hydrogen-bond acceptors (Lipinski definition) is 3. The lowest BCUT2D eigenvalue weighted by atomic mass is 9.87. The predicted octanol–water partition coefficient (Wildman–Crippen LogP) is -0.515. The number of nitrogens with zero attached hydrogens (tertiary/aromatic N) is 1. The molecule has 0 spiro atoms. The van der Waals surface area contributed by atoms with Gasteiger partial charge in [-0.1, -0.05) is 6.92 Å². The van der Waals surface area contributed by atoms with E-state index in [0.29, 0.717) is 13.1 Å². The van der Waals surface area contributed by atoms with E-state index >= 15 is 0 Å². The first-order chi connectivity index (χ1) is 8.45. The Balaban J connectivity index is 2.19. The third kappa shape index (κ3) is 3.61. The fourth-order valence-electron chi connectivity index (χ4n) is 1.72. The van der Waals surface area contributed by atoms with E-state index in [9.17, 15) is 14.4 Å². The molecule has 0 aromatic rings. The Bertz CT molecular complexity index is 339. The standard InChI is InChI=1S/C11H19N3O4/c1-7(10(16)17)8-5-14(6-8)11(18)13-4-3-9(15)12-2/h7-8H,3-6H2,1-2H3,(H,12,15)(H,13,18)(H,16,17). The molecule has 0 aromatic heterocycles. The van der Waals surface area contributed by atoms with Crippen molar-refractivity contribution in [1.29, 1.82) is 0 Å². The molecule has 18 heavy (non-hydrogen) atoms. The van der Waals surface area contributed by atoms with E-state index in [2.05, 4.69) is 10.6 Å². The number of amides is 3. The zero-order valence-electron chi connectivity index (χ0n) is 10.6. The van der Waals surface area contributed by atoms with Gasteiger partial charge >= 0.3 is 12.0 Å². The summed E-state index contributed by atoms with van der Waals surface area (Å²) in [7, 11) is 1.54. The van der Waals surface area contributed by atoms with Gasteiger partial charge in [-0.25, -0.2) is 4.79 Å². The second-order valence-corrected chi connectivity index (χ2v) is 4.45. The lowest BCUT2D eigenvalue weighted by molar-refractivity contribution is -0.144. The Morgan fingerprint density at radius 3 is 2.50 bits per heavy atom. The number of nitrogens with one attached hydrogen (secondary N) is 2. The zero-order valence-corrected chi connectivity index (χ0v) is 10.6. The molecule has 0 saturated carbocycles. The largest absolute Gasteiger partial charge is 0.481 e. The normalized spacial score (nSPS) is 16.7. The molecule has 0 radical (unpaired) electrons. The van der Waals surface area contributed by atoms with Crippen LogP contribution in [-0.2, 0) is 9.59 Å². The highest BCUT2D eigenvalue weighted by Crippen LogP contribution is 2.23. The molecule has 0 aliphatic carbocycles. The SMILES string of the molecule is CNC(=O)CCNC(=O)N1CC(C(C)C(=O)O)C1. The smallest absolute Gasteiger partial charge is 0.317 e. The van der Waals surface area contributed by atoms with E-state index in [-0.39, 0.29) is 30.8 Å². The van der Waals surface area contributed by atoms with Crippen LogP contribution in [0.15, 0.2) is 0 Å². The minimum atomic E-state index is -0.834. The number of carboxylic acids is 1. The molecule has 3 N–H and O–H groups in total. The minimum absolute atomic E-state index is 0.0205. The van der Waals surface area contributed by atoms with Gasteiger partial charge in [0.2, 0.25) is 5.91 Å². The Morgan fingerprint density at radius 2 is 2.00 bits per heavy atom. The van der Waals surface area contributed by atoms with Crippen LogP contribution >= 0.6 is 0 Å². The Kier molecular flexibility index (Phi) is 4.94. The zero-order chi connectivity index (χ0) is 13.7. The van der Waals surface area contributed by atoms with Crippen molar-refractivity contribution in [2.45, 2.75) is 13.3 Å². The van der Waals surface area contributed by atoms with E-state index in [1.165, 1.54) is 7.05 Å². The van der Waals surface area contributed by atoms with Crippen LogP contribution in [0.2, 0.25) is 0 Å². The lowest BCUT2D eigenvalue weighted by Crippen LogP contribution is -2.56. The van der Waals surface area contributed by atoms with Crippen LogP contribution in [0.25, 0.3) is 0 Å². The van der Waals surface area contributed by atoms with Crippen LogP contribution in [0.1, 0.15) is 13.3 Å². The van der Waals surface area contributed by atoms with Crippen molar-refractivity contribution < 1.29 is 19.5 Å². The van der Waals surface area contributed by atoms with Crippen molar-refractivity contribution in [2.75, 3.05) is 26.7 Å². The third-order valence-electron chi connectivity index (χ3n) is 3.20. The highest BCUT2D eigenvalue weighted by molar-refractivity contribution is 5.78. The van der Waals surface area contributed by atoms with Crippen molar-refractivity contribution in [2.24, 2.45) is 11.8 Å². The van der Waals surface area contributed by atoms with Crippen LogP contribution in [0.5, 0.6) is 0 Å². The molecule has 1 fully saturated rings. The first-order valence-corrected chi connectivity index (χ1v) is 5.92. The van der Waals surface area contributed by atoms with Gasteiger partial charge in [-0.05, 0) is 0 Å². The molecule has 1 atom stereocenters. The van der Waals surface area contributed by atoms with E-state index in [1.807, 2.05) is 0 Å². The number of aliphatic carboxylic acids is 1. The van der Waals surface area contributed by atoms with Gasteiger partial charge < -0.3 is 20.6 Å². The minimum Gasteiger partial charge on any atom is -0.481 e. The molecule has 0 aromatic carbocycles. The second kappa shape index (κ2) is 6.23. The molecule has 1 aliphatic heterocycles. The van der Waals surface area contributed by atoms with Crippen LogP contribution in [0.4, 0.5) is 4.79 Å². The van der Waals surface area contributed by atoms with Crippen molar-refractivity contribution in [3.63, 3.8) is 0 Å². The number of carbonyl (C=O) groups excluding carboxylic acids is 2. The highest BCUT2D eigenvalue weighted by atomic mass is 16.4. The van der Waals surface area contributed by atoms with E-state index < -0.39 is 11.9 Å². The van der Waals surface area contributed by atoms with E-state index in [4.69, 9.17) is 5.11 Å². The summed E-state index contributed by atoms with van der Waals surface area (Å²) in [6.45, 7) is 2.85. The summed E-state index contributed by atoms with van der Waals surface area (Å²) in [5, 5.41) is 13.9. The summed E-state index contributed by atoms with van der Waals surface area (Å²) in [6.07, 6.45) is 0.241. The average Bonchev–Trinajstić information content (AvgIpc) is 2.26. The molecule has 1 unspecified atom stereocenters. The molecule has 0 bridgehead atoms. The summed E-state index contributed by atoms with van der Waals surface area (Å²) >= 11 is 0. The number of rotatable bonds is 5. The van der Waals surface area contributed by atoms with Crippen molar-refractivity contribution in [3.05, 3.63) is 0 Å². The number of urea groups is 1. The van der Waals surface area contributed by atoms with Crippen LogP contribution in [0, 0.1) is 11.8 Å². The van der Waals surface area contributed by atoms with Crippen molar-refractivity contribution in [3.8, 4) is 0 Å². The Labute approximate surface area is 106 Å². The van der Waals surface area contributed by atoms with Gasteiger partial charge in [-0.3, -0.25) is 9.59 Å². The maximum Gasteiger partial charge on any atom is 0.317 e. The summed E-state index contributed by atoms with van der Waals surface area (Å²) < 4.78 is 0. The quantitative estimate of drug-likeness (QED) is 0.617. The molecule has 1 aliphatic rings. The van der Waals surface area contributed by atoms with Crippen molar-refractivity contribution in [1.82, 2.24) is 15.5 Å². The number of hydrogen-bond donors (Lipinski definition) is 3. The Hall–Kier alpha value is -1.79. The molecule has 7 heteroatoms. The van der Waals surface area contributed by atoms with E-state index in [1.54, 1.807) is 11.8 Å². The second-order valence-electron chi connectivity index (χ2n) is 4.45. The summed E-state index contributed by atoms with van der Waals surface area (Å²) in [4.78, 5) is 34.8. The van der Waals surface area contributed by atoms with Gasteiger partial charge in [0.15, 0.2) is 0 Å². The van der Waals surface area contributed by atoms with Gasteiger partial charge in [0.25, 0.3) is 0 Å². The predicted molar refractivity (Wildman–Crippen MR) is 63.9 cm³/mol. The average molecular weight is 257 g/mol. The Morgan fingerprint density at radius 1 is 1.39 bits per heavy atom. The van der Waals surface area contributed by atoms with Gasteiger partial charge in [0.05, 0.1) is 5.92 Å². The summed E-state index contributed by atoms with van der Waals surface area (Å²) in [5.74, 6) is -1.37. The molecule has 102 valence electrons. The van der Waals surface area contributed by atoms with Gasteiger partial charge in [0, 0.05) is 39.0 Å². The fraction of sp³-hybridized carbons (Fsp3) is 0.727. The molecular weight excluding hydrogens is 238 g/mol. The maximum absolute atomic E-state index is 11.6. The maximum atomic E-state index is 11.6. The molecule has 1 rings (SSSR count). The number of carboxylic acid groups (broad SMARTS) is 1. The number of carbonyl (C=O) groups is 3.